The van der Waals surface area contributed by atoms with Crippen molar-refractivity contribution in [2.45, 2.75) is 51.2 Å². The van der Waals surface area contributed by atoms with Crippen molar-refractivity contribution >= 4 is 0 Å². The van der Waals surface area contributed by atoms with Gasteiger partial charge >= 0.3 is 0 Å². The molecule has 0 spiro atoms. The number of aliphatic hydroxyl groups excluding tert-OH is 1. The zero-order valence-electron chi connectivity index (χ0n) is 12.2. The SMILES string of the molecule is OCCCC(OCCCN1CCCC1)N1CCCC1. The summed E-state index contributed by atoms with van der Waals surface area (Å²) in [6.07, 6.45) is 8.55. The lowest BCUT2D eigenvalue weighted by Gasteiger charge is -2.27. The van der Waals surface area contributed by atoms with Crippen LogP contribution in [0.5, 0.6) is 0 Å². The Hall–Kier alpha value is -0.160. The quantitative estimate of drug-likeness (QED) is 0.647. The first-order valence-electron chi connectivity index (χ1n) is 8.09. The van der Waals surface area contributed by atoms with Crippen molar-refractivity contribution in [3.05, 3.63) is 0 Å². The Morgan fingerprint density at radius 3 is 2.32 bits per heavy atom. The Labute approximate surface area is 117 Å². The van der Waals surface area contributed by atoms with Gasteiger partial charge in [-0.1, -0.05) is 0 Å². The van der Waals surface area contributed by atoms with Crippen LogP contribution in [0.1, 0.15) is 44.9 Å². The molecule has 0 bridgehead atoms. The lowest BCUT2D eigenvalue weighted by Crippen LogP contribution is -2.36. The summed E-state index contributed by atoms with van der Waals surface area (Å²) in [5.41, 5.74) is 0. The average molecular weight is 270 g/mol. The molecule has 0 amide bonds. The molecule has 0 aliphatic carbocycles. The average Bonchev–Trinajstić information content (AvgIpc) is 3.11. The Morgan fingerprint density at radius 1 is 0.947 bits per heavy atom. The highest BCUT2D eigenvalue weighted by Gasteiger charge is 2.22. The molecule has 0 aromatic carbocycles. The number of aliphatic hydroxyl groups is 1. The molecule has 1 atom stereocenters. The Morgan fingerprint density at radius 2 is 1.63 bits per heavy atom. The van der Waals surface area contributed by atoms with Gasteiger partial charge < -0.3 is 14.7 Å². The van der Waals surface area contributed by atoms with Gasteiger partial charge in [-0.3, -0.25) is 4.90 Å². The van der Waals surface area contributed by atoms with E-state index in [9.17, 15) is 0 Å². The first kappa shape index (κ1) is 15.2. The number of rotatable bonds is 9. The molecule has 1 N–H and O–H groups in total. The third-order valence-corrected chi connectivity index (χ3v) is 4.28. The fourth-order valence-electron chi connectivity index (χ4n) is 3.18. The highest BCUT2D eigenvalue weighted by atomic mass is 16.5. The van der Waals surface area contributed by atoms with Crippen LogP contribution in [0, 0.1) is 0 Å². The predicted octanol–water partition coefficient (Wildman–Crippen LogP) is 1.68. The van der Waals surface area contributed by atoms with Crippen LogP contribution in [-0.4, -0.2) is 67.1 Å². The summed E-state index contributed by atoms with van der Waals surface area (Å²) in [6.45, 7) is 7.22. The smallest absolute Gasteiger partial charge is 0.110 e. The molecule has 0 saturated carbocycles. The van der Waals surface area contributed by atoms with Crippen molar-refractivity contribution in [2.24, 2.45) is 0 Å². The van der Waals surface area contributed by atoms with E-state index in [4.69, 9.17) is 9.84 Å². The Balaban J connectivity index is 1.60. The molecule has 4 nitrogen and oxygen atoms in total. The van der Waals surface area contributed by atoms with Gasteiger partial charge in [-0.05, 0) is 58.0 Å². The maximum Gasteiger partial charge on any atom is 0.110 e. The minimum absolute atomic E-state index is 0.244. The second-order valence-corrected chi connectivity index (χ2v) is 5.84. The number of hydrogen-bond acceptors (Lipinski definition) is 4. The van der Waals surface area contributed by atoms with Crippen molar-refractivity contribution in [1.29, 1.82) is 0 Å². The first-order valence-corrected chi connectivity index (χ1v) is 8.09. The zero-order chi connectivity index (χ0) is 13.3. The third-order valence-electron chi connectivity index (χ3n) is 4.28. The lowest BCUT2D eigenvalue weighted by atomic mass is 10.2. The van der Waals surface area contributed by atoms with Gasteiger partial charge in [0.05, 0.1) is 0 Å². The molecule has 112 valence electrons. The van der Waals surface area contributed by atoms with E-state index < -0.39 is 0 Å². The van der Waals surface area contributed by atoms with Crippen LogP contribution in [0.2, 0.25) is 0 Å². The standard InChI is InChI=1S/C15H30N2O2/c18-13-5-7-15(17-11-3-4-12-17)19-14-6-10-16-8-1-2-9-16/h15,18H,1-14H2. The number of ether oxygens (including phenoxy) is 1. The van der Waals surface area contributed by atoms with Gasteiger partial charge in [-0.25, -0.2) is 0 Å². The molecular formula is C15H30N2O2. The summed E-state index contributed by atoms with van der Waals surface area (Å²) in [5.74, 6) is 0. The van der Waals surface area contributed by atoms with Gasteiger partial charge in [0.25, 0.3) is 0 Å². The lowest BCUT2D eigenvalue weighted by molar-refractivity contribution is -0.0583. The second-order valence-electron chi connectivity index (χ2n) is 5.84. The summed E-state index contributed by atoms with van der Waals surface area (Å²) < 4.78 is 6.08. The van der Waals surface area contributed by atoms with E-state index in [2.05, 4.69) is 9.80 Å². The van der Waals surface area contributed by atoms with Gasteiger partial charge in [-0.15, -0.1) is 0 Å². The zero-order valence-corrected chi connectivity index (χ0v) is 12.2. The Bertz CT molecular complexity index is 226. The van der Waals surface area contributed by atoms with Gasteiger partial charge in [-0.2, -0.15) is 0 Å². The molecule has 4 heteroatoms. The molecule has 2 aliphatic heterocycles. The summed E-state index contributed by atoms with van der Waals surface area (Å²) in [4.78, 5) is 4.99. The second kappa shape index (κ2) is 8.90. The fraction of sp³-hybridized carbons (Fsp3) is 1.00. The van der Waals surface area contributed by atoms with Crippen molar-refractivity contribution in [2.75, 3.05) is 45.9 Å². The fourth-order valence-corrected chi connectivity index (χ4v) is 3.18. The molecule has 0 aromatic rings. The molecule has 0 aromatic heterocycles. The topological polar surface area (TPSA) is 35.9 Å². The van der Waals surface area contributed by atoms with Crippen LogP contribution < -0.4 is 0 Å². The van der Waals surface area contributed by atoms with Crippen LogP contribution >= 0.6 is 0 Å². The maximum absolute atomic E-state index is 8.99. The molecule has 2 rings (SSSR count). The summed E-state index contributed by atoms with van der Waals surface area (Å²) >= 11 is 0. The first-order chi connectivity index (χ1) is 9.40. The molecule has 2 aliphatic rings. The highest BCUT2D eigenvalue weighted by Crippen LogP contribution is 2.17. The van der Waals surface area contributed by atoms with E-state index in [0.717, 1.165) is 25.9 Å². The van der Waals surface area contributed by atoms with Crippen LogP contribution in [0.25, 0.3) is 0 Å². The highest BCUT2D eigenvalue weighted by molar-refractivity contribution is 4.71. The van der Waals surface area contributed by atoms with Gasteiger partial charge in [0.2, 0.25) is 0 Å². The number of hydrogen-bond donors (Lipinski definition) is 1. The summed E-state index contributed by atoms with van der Waals surface area (Å²) in [7, 11) is 0. The minimum atomic E-state index is 0.244. The predicted molar refractivity (Wildman–Crippen MR) is 77.2 cm³/mol. The minimum Gasteiger partial charge on any atom is -0.396 e. The van der Waals surface area contributed by atoms with Crippen molar-refractivity contribution in [3.63, 3.8) is 0 Å². The summed E-state index contributed by atoms with van der Waals surface area (Å²) in [5, 5.41) is 8.99. The molecule has 2 fully saturated rings. The molecule has 0 radical (unpaired) electrons. The molecular weight excluding hydrogens is 240 g/mol. The normalized spacial score (nSPS) is 23.2. The number of nitrogens with zero attached hydrogens (tertiary/aromatic N) is 2. The summed E-state index contributed by atoms with van der Waals surface area (Å²) in [6, 6.07) is 0. The molecule has 2 heterocycles. The monoisotopic (exact) mass is 270 g/mol. The maximum atomic E-state index is 8.99. The van der Waals surface area contributed by atoms with E-state index in [-0.39, 0.29) is 12.8 Å². The molecule has 2 saturated heterocycles. The van der Waals surface area contributed by atoms with E-state index in [0.29, 0.717) is 0 Å². The van der Waals surface area contributed by atoms with Crippen molar-refractivity contribution in [3.8, 4) is 0 Å². The Kier molecular flexibility index (Phi) is 7.14. The molecule has 19 heavy (non-hydrogen) atoms. The molecule has 1 unspecified atom stereocenters. The van der Waals surface area contributed by atoms with E-state index >= 15 is 0 Å². The third kappa shape index (κ3) is 5.38. The van der Waals surface area contributed by atoms with Crippen LogP contribution in [0.15, 0.2) is 0 Å². The van der Waals surface area contributed by atoms with E-state index in [1.807, 2.05) is 0 Å². The van der Waals surface area contributed by atoms with Gasteiger partial charge in [0.15, 0.2) is 0 Å². The van der Waals surface area contributed by atoms with Crippen molar-refractivity contribution in [1.82, 2.24) is 9.80 Å². The van der Waals surface area contributed by atoms with E-state index in [1.54, 1.807) is 0 Å². The van der Waals surface area contributed by atoms with Crippen LogP contribution in [0.4, 0.5) is 0 Å². The van der Waals surface area contributed by atoms with Crippen molar-refractivity contribution < 1.29 is 9.84 Å². The van der Waals surface area contributed by atoms with Crippen LogP contribution in [-0.2, 0) is 4.74 Å². The van der Waals surface area contributed by atoms with Gasteiger partial charge in [0.1, 0.15) is 6.23 Å². The largest absolute Gasteiger partial charge is 0.396 e. The van der Waals surface area contributed by atoms with E-state index in [1.165, 1.54) is 58.4 Å². The number of likely N-dealkylation sites (tertiary alicyclic amines) is 2. The van der Waals surface area contributed by atoms with Gasteiger partial charge in [0, 0.05) is 32.8 Å². The van der Waals surface area contributed by atoms with Crippen LogP contribution in [0.3, 0.4) is 0 Å².